The summed E-state index contributed by atoms with van der Waals surface area (Å²) < 4.78 is 0. The fraction of sp³-hybridized carbons (Fsp3) is 1.00. The molecule has 3 nitrogen and oxygen atoms in total. The Morgan fingerprint density at radius 1 is 1.43 bits per heavy atom. The Balaban J connectivity index is 2.47. The number of β-amino-alcohol motifs (C(OH)–C–C–N with tert-alkyl or cyclic N) is 1. The number of aliphatic hydroxyl groups is 1. The standard InChI is InChI=1S/C11H24N2O/c1-4-10-8-13(7-9(3)14)11(5-2)6-12-10/h9-12,14H,4-8H2,1-3H3/t9-,10?,11?/m0/s1. The summed E-state index contributed by atoms with van der Waals surface area (Å²) in [6, 6.07) is 1.21. The quantitative estimate of drug-likeness (QED) is 0.705. The van der Waals surface area contributed by atoms with Gasteiger partial charge >= 0.3 is 0 Å². The van der Waals surface area contributed by atoms with Crippen LogP contribution in [0, 0.1) is 0 Å². The van der Waals surface area contributed by atoms with Gasteiger partial charge in [-0.25, -0.2) is 0 Å². The van der Waals surface area contributed by atoms with Gasteiger partial charge in [0.25, 0.3) is 0 Å². The Kier molecular flexibility index (Phi) is 4.85. The second kappa shape index (κ2) is 5.69. The maximum absolute atomic E-state index is 9.41. The number of aliphatic hydroxyl groups excluding tert-OH is 1. The summed E-state index contributed by atoms with van der Waals surface area (Å²) in [5.74, 6) is 0. The molecule has 3 heteroatoms. The Morgan fingerprint density at radius 2 is 2.14 bits per heavy atom. The molecule has 84 valence electrons. The number of nitrogens with one attached hydrogen (secondary N) is 1. The summed E-state index contributed by atoms with van der Waals surface area (Å²) in [7, 11) is 0. The van der Waals surface area contributed by atoms with Gasteiger partial charge < -0.3 is 10.4 Å². The first-order valence-electron chi connectivity index (χ1n) is 5.82. The van der Waals surface area contributed by atoms with E-state index >= 15 is 0 Å². The minimum absolute atomic E-state index is 0.209. The van der Waals surface area contributed by atoms with E-state index in [1.807, 2.05) is 6.92 Å². The molecule has 1 aliphatic heterocycles. The molecular weight excluding hydrogens is 176 g/mol. The zero-order valence-electron chi connectivity index (χ0n) is 9.66. The highest BCUT2D eigenvalue weighted by Crippen LogP contribution is 2.12. The lowest BCUT2D eigenvalue weighted by atomic mass is 10.0. The predicted octanol–water partition coefficient (Wildman–Crippen LogP) is 0.830. The zero-order valence-corrected chi connectivity index (χ0v) is 9.66. The summed E-state index contributed by atoms with van der Waals surface area (Å²) >= 11 is 0. The molecule has 0 radical (unpaired) electrons. The van der Waals surface area contributed by atoms with Crippen molar-refractivity contribution in [1.29, 1.82) is 0 Å². The van der Waals surface area contributed by atoms with Gasteiger partial charge in [-0.1, -0.05) is 13.8 Å². The molecule has 0 amide bonds. The van der Waals surface area contributed by atoms with Crippen LogP contribution >= 0.6 is 0 Å². The maximum atomic E-state index is 9.41. The van der Waals surface area contributed by atoms with Gasteiger partial charge in [0, 0.05) is 31.7 Å². The number of hydrogen-bond donors (Lipinski definition) is 2. The van der Waals surface area contributed by atoms with Gasteiger partial charge in [0.05, 0.1) is 6.10 Å². The van der Waals surface area contributed by atoms with Crippen LogP contribution in [0.25, 0.3) is 0 Å². The highest BCUT2D eigenvalue weighted by Gasteiger charge is 2.26. The van der Waals surface area contributed by atoms with Crippen LogP contribution in [0.15, 0.2) is 0 Å². The molecule has 0 saturated carbocycles. The molecule has 2 unspecified atom stereocenters. The highest BCUT2D eigenvalue weighted by molar-refractivity contribution is 4.85. The number of hydrogen-bond acceptors (Lipinski definition) is 3. The van der Waals surface area contributed by atoms with Crippen molar-refractivity contribution >= 4 is 0 Å². The van der Waals surface area contributed by atoms with Crippen molar-refractivity contribution in [2.45, 2.75) is 51.8 Å². The van der Waals surface area contributed by atoms with Gasteiger partial charge in [-0.05, 0) is 19.8 Å². The largest absolute Gasteiger partial charge is 0.392 e. The topological polar surface area (TPSA) is 35.5 Å². The van der Waals surface area contributed by atoms with E-state index in [9.17, 15) is 5.11 Å². The molecule has 1 heterocycles. The van der Waals surface area contributed by atoms with Crippen LogP contribution < -0.4 is 5.32 Å². The second-order valence-corrected chi connectivity index (χ2v) is 4.38. The fourth-order valence-corrected chi connectivity index (χ4v) is 2.17. The van der Waals surface area contributed by atoms with Crippen molar-refractivity contribution in [3.8, 4) is 0 Å². The summed E-state index contributed by atoms with van der Waals surface area (Å²) in [5, 5.41) is 13.0. The van der Waals surface area contributed by atoms with Crippen molar-refractivity contribution in [3.05, 3.63) is 0 Å². The zero-order chi connectivity index (χ0) is 10.6. The van der Waals surface area contributed by atoms with Gasteiger partial charge in [0.1, 0.15) is 0 Å². The molecule has 2 N–H and O–H groups in total. The van der Waals surface area contributed by atoms with E-state index in [4.69, 9.17) is 0 Å². The minimum atomic E-state index is -0.209. The first-order chi connectivity index (χ1) is 6.67. The van der Waals surface area contributed by atoms with E-state index in [1.54, 1.807) is 0 Å². The number of piperazine rings is 1. The third-order valence-corrected chi connectivity index (χ3v) is 3.08. The van der Waals surface area contributed by atoms with Crippen molar-refractivity contribution in [2.24, 2.45) is 0 Å². The van der Waals surface area contributed by atoms with E-state index in [0.717, 1.165) is 26.1 Å². The average Bonchev–Trinajstić information content (AvgIpc) is 2.16. The summed E-state index contributed by atoms with van der Waals surface area (Å²) in [5.41, 5.74) is 0. The lowest BCUT2D eigenvalue weighted by Gasteiger charge is -2.40. The molecular formula is C11H24N2O. The molecule has 0 bridgehead atoms. The first-order valence-corrected chi connectivity index (χ1v) is 5.82. The SMILES string of the molecule is CCC1CN(C[C@H](C)O)C(CC)CN1. The fourth-order valence-electron chi connectivity index (χ4n) is 2.17. The van der Waals surface area contributed by atoms with Gasteiger partial charge in [-0.3, -0.25) is 4.90 Å². The summed E-state index contributed by atoms with van der Waals surface area (Å²) in [4.78, 5) is 2.43. The Labute approximate surface area is 87.5 Å². The Bertz CT molecular complexity index is 161. The molecule has 0 aliphatic carbocycles. The van der Waals surface area contributed by atoms with Crippen molar-refractivity contribution < 1.29 is 5.11 Å². The van der Waals surface area contributed by atoms with E-state index in [2.05, 4.69) is 24.1 Å². The molecule has 1 fully saturated rings. The number of nitrogens with zero attached hydrogens (tertiary/aromatic N) is 1. The smallest absolute Gasteiger partial charge is 0.0639 e. The molecule has 0 aromatic rings. The highest BCUT2D eigenvalue weighted by atomic mass is 16.3. The van der Waals surface area contributed by atoms with Crippen LogP contribution in [0.5, 0.6) is 0 Å². The van der Waals surface area contributed by atoms with Gasteiger partial charge in [0.15, 0.2) is 0 Å². The van der Waals surface area contributed by atoms with E-state index in [-0.39, 0.29) is 6.10 Å². The average molecular weight is 200 g/mol. The Morgan fingerprint density at radius 3 is 2.64 bits per heavy atom. The van der Waals surface area contributed by atoms with Crippen molar-refractivity contribution in [1.82, 2.24) is 10.2 Å². The third-order valence-electron chi connectivity index (χ3n) is 3.08. The molecule has 3 atom stereocenters. The molecule has 0 aromatic heterocycles. The van der Waals surface area contributed by atoms with Crippen LogP contribution in [0.3, 0.4) is 0 Å². The van der Waals surface area contributed by atoms with Crippen LogP contribution in [-0.4, -0.2) is 47.8 Å². The van der Waals surface area contributed by atoms with E-state index in [1.165, 1.54) is 6.42 Å². The second-order valence-electron chi connectivity index (χ2n) is 4.38. The van der Waals surface area contributed by atoms with Crippen LogP contribution in [0.2, 0.25) is 0 Å². The number of rotatable bonds is 4. The summed E-state index contributed by atoms with van der Waals surface area (Å²) in [6.07, 6.45) is 2.13. The molecule has 0 aromatic carbocycles. The first kappa shape index (κ1) is 12.0. The van der Waals surface area contributed by atoms with Crippen LogP contribution in [-0.2, 0) is 0 Å². The maximum Gasteiger partial charge on any atom is 0.0639 e. The third kappa shape index (κ3) is 3.23. The van der Waals surface area contributed by atoms with Gasteiger partial charge in [-0.15, -0.1) is 0 Å². The van der Waals surface area contributed by atoms with Crippen LogP contribution in [0.1, 0.15) is 33.6 Å². The van der Waals surface area contributed by atoms with E-state index < -0.39 is 0 Å². The monoisotopic (exact) mass is 200 g/mol. The summed E-state index contributed by atoms with van der Waals surface area (Å²) in [6.45, 7) is 9.27. The molecule has 0 spiro atoms. The van der Waals surface area contributed by atoms with Gasteiger partial charge in [0.2, 0.25) is 0 Å². The predicted molar refractivity (Wildman–Crippen MR) is 59.4 cm³/mol. The molecule has 1 rings (SSSR count). The van der Waals surface area contributed by atoms with Crippen molar-refractivity contribution in [3.63, 3.8) is 0 Å². The normalized spacial score (nSPS) is 31.7. The molecule has 1 saturated heterocycles. The Hall–Kier alpha value is -0.120. The van der Waals surface area contributed by atoms with Gasteiger partial charge in [-0.2, -0.15) is 0 Å². The molecule has 14 heavy (non-hydrogen) atoms. The lowest BCUT2D eigenvalue weighted by molar-refractivity contribution is 0.0658. The minimum Gasteiger partial charge on any atom is -0.392 e. The van der Waals surface area contributed by atoms with E-state index in [0.29, 0.717) is 12.1 Å². The van der Waals surface area contributed by atoms with Crippen molar-refractivity contribution in [2.75, 3.05) is 19.6 Å². The van der Waals surface area contributed by atoms with Crippen LogP contribution in [0.4, 0.5) is 0 Å². The molecule has 1 aliphatic rings. The lowest BCUT2D eigenvalue weighted by Crippen LogP contribution is -2.57.